The Labute approximate surface area is 127 Å². The van der Waals surface area contributed by atoms with Crippen LogP contribution in [0.1, 0.15) is 65.2 Å². The summed E-state index contributed by atoms with van der Waals surface area (Å²) in [5.41, 5.74) is 1.43. The highest BCUT2D eigenvalue weighted by atomic mass is 127. The van der Waals surface area contributed by atoms with E-state index < -0.39 is 0 Å². The maximum Gasteiger partial charge on any atom is 0.0245 e. The molecule has 16 heavy (non-hydrogen) atoms. The summed E-state index contributed by atoms with van der Waals surface area (Å²) < 4.78 is 1.30. The molecule has 0 aliphatic heterocycles. The first kappa shape index (κ1) is 12.5. The van der Waals surface area contributed by atoms with Crippen molar-refractivity contribution in [1.82, 2.24) is 0 Å². The van der Waals surface area contributed by atoms with Gasteiger partial charge in [0, 0.05) is 6.84 Å². The van der Waals surface area contributed by atoms with Gasteiger partial charge in [0.2, 0.25) is 0 Å². The molecule has 0 N–H and O–H groups in total. The van der Waals surface area contributed by atoms with Crippen molar-refractivity contribution in [2.24, 2.45) is 10.8 Å². The SMILES string of the molecule is CCC12CC3(I)CC(I)(C1)CC(CC)(C3)C2. The molecule has 0 heterocycles. The molecule has 0 radical (unpaired) electrons. The van der Waals surface area contributed by atoms with Crippen LogP contribution in [0.4, 0.5) is 0 Å². The Bertz CT molecular complexity index is 279. The van der Waals surface area contributed by atoms with Crippen molar-refractivity contribution in [3.05, 3.63) is 0 Å². The maximum absolute atomic E-state index is 2.84. The molecule has 0 spiro atoms. The number of rotatable bonds is 2. The third-order valence-electron chi connectivity index (χ3n) is 5.65. The number of hydrogen-bond donors (Lipinski definition) is 0. The van der Waals surface area contributed by atoms with E-state index in [4.69, 9.17) is 0 Å². The average molecular weight is 444 g/mol. The molecular formula is C14H22I2. The molecule has 0 atom stereocenters. The summed E-state index contributed by atoms with van der Waals surface area (Å²) in [6.07, 6.45) is 11.9. The average Bonchev–Trinajstić information content (AvgIpc) is 2.12. The zero-order valence-electron chi connectivity index (χ0n) is 10.4. The number of hydrogen-bond acceptors (Lipinski definition) is 0. The first-order valence-electron chi connectivity index (χ1n) is 6.74. The highest BCUT2D eigenvalue weighted by molar-refractivity contribution is 14.1. The van der Waals surface area contributed by atoms with E-state index in [0.29, 0.717) is 17.7 Å². The largest absolute Gasteiger partial charge is 0.0788 e. The quantitative estimate of drug-likeness (QED) is 0.390. The van der Waals surface area contributed by atoms with Gasteiger partial charge in [0.1, 0.15) is 0 Å². The molecule has 0 nitrogen and oxygen atoms in total. The molecule has 4 fully saturated rings. The van der Waals surface area contributed by atoms with E-state index in [2.05, 4.69) is 59.0 Å². The summed E-state index contributed by atoms with van der Waals surface area (Å²) in [6.45, 7) is 4.88. The fourth-order valence-electron chi connectivity index (χ4n) is 5.55. The smallest absolute Gasteiger partial charge is 0.0245 e. The Morgan fingerprint density at radius 1 is 0.688 bits per heavy atom. The molecule has 0 saturated heterocycles. The van der Waals surface area contributed by atoms with E-state index in [-0.39, 0.29) is 0 Å². The Morgan fingerprint density at radius 3 is 1.38 bits per heavy atom. The highest BCUT2D eigenvalue weighted by Gasteiger charge is 2.65. The topological polar surface area (TPSA) is 0 Å². The van der Waals surface area contributed by atoms with Crippen LogP contribution in [0.2, 0.25) is 0 Å². The van der Waals surface area contributed by atoms with E-state index in [0.717, 1.165) is 0 Å². The van der Waals surface area contributed by atoms with Crippen molar-refractivity contribution < 1.29 is 0 Å². The van der Waals surface area contributed by atoms with Crippen LogP contribution >= 0.6 is 45.2 Å². The van der Waals surface area contributed by atoms with Crippen molar-refractivity contribution in [2.45, 2.75) is 72.1 Å². The Kier molecular flexibility index (Phi) is 2.74. The van der Waals surface area contributed by atoms with Gasteiger partial charge in [-0.2, -0.15) is 0 Å². The van der Waals surface area contributed by atoms with Gasteiger partial charge in [-0.25, -0.2) is 0 Å². The zero-order valence-corrected chi connectivity index (χ0v) is 14.7. The van der Waals surface area contributed by atoms with Gasteiger partial charge in [-0.3, -0.25) is 0 Å². The second kappa shape index (κ2) is 3.51. The second-order valence-corrected chi connectivity index (χ2v) is 11.6. The van der Waals surface area contributed by atoms with Crippen LogP contribution < -0.4 is 0 Å². The van der Waals surface area contributed by atoms with Gasteiger partial charge in [0.15, 0.2) is 0 Å². The van der Waals surface area contributed by atoms with Crippen LogP contribution in [0.15, 0.2) is 0 Å². The van der Waals surface area contributed by atoms with Gasteiger partial charge in [0.25, 0.3) is 0 Å². The van der Waals surface area contributed by atoms with Gasteiger partial charge in [-0.1, -0.05) is 71.9 Å². The van der Waals surface area contributed by atoms with Crippen LogP contribution in [0, 0.1) is 10.8 Å². The molecule has 0 aromatic rings. The molecule has 0 amide bonds. The molecule has 0 aromatic heterocycles. The summed E-state index contributed by atoms with van der Waals surface area (Å²) in [6, 6.07) is 0. The summed E-state index contributed by atoms with van der Waals surface area (Å²) in [5, 5.41) is 0. The van der Waals surface area contributed by atoms with Crippen molar-refractivity contribution in [2.75, 3.05) is 0 Å². The maximum atomic E-state index is 2.84. The lowest BCUT2D eigenvalue weighted by atomic mass is 9.43. The van der Waals surface area contributed by atoms with Crippen molar-refractivity contribution >= 4 is 45.2 Å². The summed E-state index contributed by atoms with van der Waals surface area (Å²) in [4.78, 5) is 0. The van der Waals surface area contributed by atoms with E-state index in [1.807, 2.05) is 0 Å². The van der Waals surface area contributed by atoms with E-state index in [1.165, 1.54) is 44.9 Å². The normalized spacial score (nSPS) is 59.2. The minimum Gasteiger partial charge on any atom is -0.0788 e. The standard InChI is InChI=1S/C14H22I2/c1-3-11-5-12(4-2)8-13(15,6-11)10-14(16,7-11)9-12/h3-10H2,1-2H3. The molecular weight excluding hydrogens is 422 g/mol. The first-order valence-corrected chi connectivity index (χ1v) is 8.90. The van der Waals surface area contributed by atoms with Crippen molar-refractivity contribution in [3.63, 3.8) is 0 Å². The first-order chi connectivity index (χ1) is 7.36. The van der Waals surface area contributed by atoms with E-state index in [9.17, 15) is 0 Å². The third-order valence-corrected chi connectivity index (χ3v) is 7.94. The summed E-state index contributed by atoms with van der Waals surface area (Å²) in [5.74, 6) is 0. The van der Waals surface area contributed by atoms with Crippen LogP contribution in [-0.4, -0.2) is 6.84 Å². The fourth-order valence-corrected chi connectivity index (χ4v) is 11.0. The third kappa shape index (κ3) is 1.71. The monoisotopic (exact) mass is 444 g/mol. The molecule has 92 valence electrons. The molecule has 4 aliphatic rings. The molecule has 2 heteroatoms. The number of alkyl halides is 2. The Hall–Kier alpha value is 1.46. The summed E-state index contributed by atoms with van der Waals surface area (Å²) >= 11 is 5.68. The minimum atomic E-state index is 0.652. The summed E-state index contributed by atoms with van der Waals surface area (Å²) in [7, 11) is 0. The van der Waals surface area contributed by atoms with Crippen LogP contribution in [-0.2, 0) is 0 Å². The fraction of sp³-hybridized carbons (Fsp3) is 1.00. The van der Waals surface area contributed by atoms with Gasteiger partial charge >= 0.3 is 0 Å². The van der Waals surface area contributed by atoms with E-state index >= 15 is 0 Å². The lowest BCUT2D eigenvalue weighted by Gasteiger charge is -2.68. The Morgan fingerprint density at radius 2 is 1.06 bits per heavy atom. The second-order valence-electron chi connectivity index (χ2n) is 7.07. The van der Waals surface area contributed by atoms with Crippen LogP contribution in [0.25, 0.3) is 0 Å². The van der Waals surface area contributed by atoms with E-state index in [1.54, 1.807) is 6.42 Å². The van der Waals surface area contributed by atoms with Gasteiger partial charge in [-0.05, 0) is 49.4 Å². The molecule has 0 unspecified atom stereocenters. The van der Waals surface area contributed by atoms with Gasteiger partial charge < -0.3 is 0 Å². The number of halogens is 2. The highest BCUT2D eigenvalue weighted by Crippen LogP contribution is 2.73. The zero-order chi connectivity index (χ0) is 11.7. The molecule has 4 saturated carbocycles. The Balaban J connectivity index is 2.06. The molecule has 4 aliphatic carbocycles. The van der Waals surface area contributed by atoms with Crippen molar-refractivity contribution in [3.8, 4) is 0 Å². The molecule has 0 aromatic carbocycles. The van der Waals surface area contributed by atoms with Gasteiger partial charge in [0.05, 0.1) is 0 Å². The van der Waals surface area contributed by atoms with Gasteiger partial charge in [-0.15, -0.1) is 0 Å². The van der Waals surface area contributed by atoms with Crippen molar-refractivity contribution in [1.29, 1.82) is 0 Å². The molecule has 4 rings (SSSR count). The molecule has 4 bridgehead atoms. The predicted molar refractivity (Wildman–Crippen MR) is 86.7 cm³/mol. The van der Waals surface area contributed by atoms with Crippen LogP contribution in [0.5, 0.6) is 0 Å². The lowest BCUT2D eigenvalue weighted by Crippen LogP contribution is -2.62. The van der Waals surface area contributed by atoms with Crippen LogP contribution in [0.3, 0.4) is 0 Å². The predicted octanol–water partition coefficient (Wildman–Crippen LogP) is 5.51. The lowest BCUT2D eigenvalue weighted by molar-refractivity contribution is -0.0762. The minimum absolute atomic E-state index is 0.652.